The van der Waals surface area contributed by atoms with Gasteiger partial charge < -0.3 is 20.3 Å². The maximum absolute atomic E-state index is 12.6. The van der Waals surface area contributed by atoms with E-state index in [0.29, 0.717) is 12.1 Å². The van der Waals surface area contributed by atoms with Crippen LogP contribution in [0.25, 0.3) is 10.9 Å². The second-order valence-corrected chi connectivity index (χ2v) is 6.12. The Balaban J connectivity index is 1.56. The molecule has 25 heavy (non-hydrogen) atoms. The number of carbonyl (C=O) groups excluding carboxylic acids is 1. The smallest absolute Gasteiger partial charge is 0.323 e. The summed E-state index contributed by atoms with van der Waals surface area (Å²) in [6, 6.07) is 14.9. The largest absolute Gasteiger partial charge is 0.480 e. The highest BCUT2D eigenvalue weighted by atomic mass is 16.4. The van der Waals surface area contributed by atoms with Crippen molar-refractivity contribution < 1.29 is 14.7 Å². The number of carboxylic acid groups (broad SMARTS) is 1. The normalized spacial score (nSPS) is 15.6. The van der Waals surface area contributed by atoms with Crippen molar-refractivity contribution in [2.24, 2.45) is 0 Å². The quantitative estimate of drug-likeness (QED) is 0.684. The predicted octanol–water partition coefficient (Wildman–Crippen LogP) is 2.70. The molecule has 2 aromatic carbocycles. The summed E-state index contributed by atoms with van der Waals surface area (Å²) in [5.41, 5.74) is 3.59. The molecular formula is C19H17N3O3. The van der Waals surface area contributed by atoms with E-state index >= 15 is 0 Å². The Kier molecular flexibility index (Phi) is 3.65. The number of fused-ring (bicyclic) bond motifs is 2. The molecule has 2 heterocycles. The van der Waals surface area contributed by atoms with Gasteiger partial charge in [0.2, 0.25) is 5.91 Å². The molecular weight excluding hydrogens is 318 g/mol. The first kappa shape index (κ1) is 15.3. The van der Waals surface area contributed by atoms with Crippen molar-refractivity contribution in [2.75, 3.05) is 10.6 Å². The van der Waals surface area contributed by atoms with Crippen molar-refractivity contribution in [2.45, 2.75) is 19.0 Å². The number of nitrogens with zero attached hydrogens (tertiary/aromatic N) is 1. The molecule has 1 aliphatic heterocycles. The maximum atomic E-state index is 12.6. The van der Waals surface area contributed by atoms with Gasteiger partial charge in [0.05, 0.1) is 11.2 Å². The average molecular weight is 335 g/mol. The van der Waals surface area contributed by atoms with Gasteiger partial charge in [-0.05, 0) is 29.8 Å². The third kappa shape index (κ3) is 2.82. The van der Waals surface area contributed by atoms with Crippen LogP contribution in [0.15, 0.2) is 54.7 Å². The van der Waals surface area contributed by atoms with E-state index in [4.69, 9.17) is 5.11 Å². The summed E-state index contributed by atoms with van der Waals surface area (Å²) >= 11 is 0. The van der Waals surface area contributed by atoms with Crippen LogP contribution in [0.4, 0.5) is 11.4 Å². The molecule has 0 spiro atoms. The molecule has 1 amide bonds. The van der Waals surface area contributed by atoms with E-state index in [1.165, 1.54) is 0 Å². The number of carboxylic acids is 1. The molecule has 1 atom stereocenters. The average Bonchev–Trinajstić information content (AvgIpc) is 3.19. The molecule has 6 heteroatoms. The number of rotatable bonds is 4. The first-order valence-electron chi connectivity index (χ1n) is 8.07. The number of carbonyl (C=O) groups is 2. The second-order valence-electron chi connectivity index (χ2n) is 6.12. The monoisotopic (exact) mass is 335 g/mol. The predicted molar refractivity (Wildman–Crippen MR) is 95.8 cm³/mol. The van der Waals surface area contributed by atoms with E-state index in [-0.39, 0.29) is 18.5 Å². The molecule has 0 unspecified atom stereocenters. The lowest BCUT2D eigenvalue weighted by Crippen LogP contribution is -2.32. The summed E-state index contributed by atoms with van der Waals surface area (Å²) in [5.74, 6) is -1.01. The van der Waals surface area contributed by atoms with Gasteiger partial charge in [-0.15, -0.1) is 0 Å². The molecule has 3 aromatic rings. The molecule has 0 saturated heterocycles. The first-order chi connectivity index (χ1) is 12.1. The number of para-hydroxylation sites is 1. The number of amides is 1. The Morgan fingerprint density at radius 3 is 2.80 bits per heavy atom. The highest BCUT2D eigenvalue weighted by Crippen LogP contribution is 2.28. The molecule has 1 aliphatic rings. The van der Waals surface area contributed by atoms with Gasteiger partial charge in [0.1, 0.15) is 12.6 Å². The van der Waals surface area contributed by atoms with Gasteiger partial charge in [-0.3, -0.25) is 9.59 Å². The van der Waals surface area contributed by atoms with Crippen LogP contribution in [0.5, 0.6) is 0 Å². The minimum atomic E-state index is -0.903. The molecule has 126 valence electrons. The van der Waals surface area contributed by atoms with E-state index in [2.05, 4.69) is 10.6 Å². The maximum Gasteiger partial charge on any atom is 0.323 e. The summed E-state index contributed by atoms with van der Waals surface area (Å²) in [4.78, 5) is 23.6. The van der Waals surface area contributed by atoms with Crippen molar-refractivity contribution in [1.29, 1.82) is 0 Å². The molecule has 6 nitrogen and oxygen atoms in total. The van der Waals surface area contributed by atoms with Gasteiger partial charge >= 0.3 is 5.97 Å². The van der Waals surface area contributed by atoms with Gasteiger partial charge in [0.15, 0.2) is 0 Å². The van der Waals surface area contributed by atoms with Crippen molar-refractivity contribution >= 4 is 34.2 Å². The molecule has 4 rings (SSSR count). The third-order valence-corrected chi connectivity index (χ3v) is 4.46. The van der Waals surface area contributed by atoms with Crippen LogP contribution >= 0.6 is 0 Å². The Morgan fingerprint density at radius 2 is 2.00 bits per heavy atom. The fourth-order valence-electron chi connectivity index (χ4n) is 3.29. The van der Waals surface area contributed by atoms with Crippen molar-refractivity contribution in [1.82, 2.24) is 4.57 Å². The van der Waals surface area contributed by atoms with Crippen molar-refractivity contribution in [3.63, 3.8) is 0 Å². The molecule has 3 N–H and O–H groups in total. The van der Waals surface area contributed by atoms with E-state index < -0.39 is 5.97 Å². The van der Waals surface area contributed by atoms with Crippen LogP contribution in [0.2, 0.25) is 0 Å². The van der Waals surface area contributed by atoms with Crippen LogP contribution in [-0.4, -0.2) is 27.6 Å². The van der Waals surface area contributed by atoms with Gasteiger partial charge in [-0.1, -0.05) is 24.3 Å². The lowest BCUT2D eigenvalue weighted by atomic mass is 10.1. The number of benzene rings is 2. The van der Waals surface area contributed by atoms with Crippen LogP contribution in [0, 0.1) is 0 Å². The number of nitrogens with one attached hydrogen (secondary N) is 2. The third-order valence-electron chi connectivity index (χ3n) is 4.46. The zero-order valence-corrected chi connectivity index (χ0v) is 13.4. The van der Waals surface area contributed by atoms with Crippen molar-refractivity contribution in [3.05, 3.63) is 60.3 Å². The SMILES string of the molecule is O=C(O)Cn1ccc2c(NC(=O)[C@@H]3Cc4ccccc4N3)cccc21. The van der Waals surface area contributed by atoms with E-state index in [1.807, 2.05) is 48.5 Å². The van der Waals surface area contributed by atoms with Crippen LogP contribution in [-0.2, 0) is 22.6 Å². The Bertz CT molecular complexity index is 952. The summed E-state index contributed by atoms with van der Waals surface area (Å²) < 4.78 is 1.65. The number of aliphatic carboxylic acids is 1. The zero-order chi connectivity index (χ0) is 17.4. The van der Waals surface area contributed by atoms with Gasteiger partial charge in [0.25, 0.3) is 0 Å². The zero-order valence-electron chi connectivity index (χ0n) is 13.4. The van der Waals surface area contributed by atoms with Gasteiger partial charge in [-0.25, -0.2) is 0 Å². The summed E-state index contributed by atoms with van der Waals surface area (Å²) in [5, 5.41) is 16.0. The number of hydrogen-bond donors (Lipinski definition) is 3. The molecule has 0 aliphatic carbocycles. The van der Waals surface area contributed by atoms with Gasteiger partial charge in [-0.2, -0.15) is 0 Å². The highest BCUT2D eigenvalue weighted by molar-refractivity contribution is 6.04. The van der Waals surface area contributed by atoms with E-state index in [0.717, 1.165) is 22.2 Å². The van der Waals surface area contributed by atoms with Gasteiger partial charge in [0, 0.05) is 23.7 Å². The lowest BCUT2D eigenvalue weighted by Gasteiger charge is -2.13. The molecule has 0 radical (unpaired) electrons. The summed E-state index contributed by atoms with van der Waals surface area (Å²) in [7, 11) is 0. The Hall–Kier alpha value is -3.28. The van der Waals surface area contributed by atoms with Crippen LogP contribution in [0.1, 0.15) is 5.56 Å². The minimum Gasteiger partial charge on any atom is -0.480 e. The molecule has 0 bridgehead atoms. The van der Waals surface area contributed by atoms with Crippen molar-refractivity contribution in [3.8, 4) is 0 Å². The first-order valence-corrected chi connectivity index (χ1v) is 8.07. The summed E-state index contributed by atoms with van der Waals surface area (Å²) in [6.45, 7) is -0.111. The fourth-order valence-corrected chi connectivity index (χ4v) is 3.29. The molecule has 1 aromatic heterocycles. The number of anilines is 2. The standard InChI is InChI=1S/C19H17N3O3/c23-18(24)11-22-9-8-13-15(6-3-7-17(13)22)21-19(25)16-10-12-4-1-2-5-14(12)20-16/h1-9,16,20H,10-11H2,(H,21,25)(H,23,24)/t16-/m0/s1. The van der Waals surface area contributed by atoms with E-state index in [1.54, 1.807) is 10.8 Å². The Morgan fingerprint density at radius 1 is 1.16 bits per heavy atom. The fraction of sp³-hybridized carbons (Fsp3) is 0.158. The second kappa shape index (κ2) is 5.98. The van der Waals surface area contributed by atoms with Crippen LogP contribution in [0.3, 0.4) is 0 Å². The van der Waals surface area contributed by atoms with E-state index in [9.17, 15) is 9.59 Å². The minimum absolute atomic E-state index is 0.102. The number of aromatic nitrogens is 1. The van der Waals surface area contributed by atoms with Crippen LogP contribution < -0.4 is 10.6 Å². The molecule has 0 fully saturated rings. The lowest BCUT2D eigenvalue weighted by molar-refractivity contribution is -0.137. The highest BCUT2D eigenvalue weighted by Gasteiger charge is 2.26. The summed E-state index contributed by atoms with van der Waals surface area (Å²) in [6.07, 6.45) is 2.37. The number of hydrogen-bond acceptors (Lipinski definition) is 3. The Labute approximate surface area is 144 Å². The molecule has 0 saturated carbocycles. The topological polar surface area (TPSA) is 83.4 Å².